The first-order valence-electron chi connectivity index (χ1n) is 11.2. The highest BCUT2D eigenvalue weighted by molar-refractivity contribution is 5.83. The van der Waals surface area contributed by atoms with E-state index in [2.05, 4.69) is 46.7 Å². The van der Waals surface area contributed by atoms with Crippen LogP contribution in [0.15, 0.2) is 73.1 Å². The standard InChI is InChI=1S/C27H30N2O3/c1-31-25-7-5-23(6-8-25)24-4-2-3-22(19-24)20-27(12-17-32-18-13-27)26(30)29-16-11-21-9-14-28-15-10-21/h2-10,14-15,19H,11-13,16-18,20H2,1H3,(H,29,30). The van der Waals surface area contributed by atoms with E-state index in [1.54, 1.807) is 19.5 Å². The van der Waals surface area contributed by atoms with Gasteiger partial charge in [-0.15, -0.1) is 0 Å². The fraction of sp³-hybridized carbons (Fsp3) is 0.333. The third kappa shape index (κ3) is 5.35. The van der Waals surface area contributed by atoms with Gasteiger partial charge in [-0.2, -0.15) is 0 Å². The van der Waals surface area contributed by atoms with Crippen LogP contribution in [0.25, 0.3) is 11.1 Å². The summed E-state index contributed by atoms with van der Waals surface area (Å²) in [5.41, 5.74) is 4.19. The molecule has 1 aliphatic heterocycles. The normalized spacial score (nSPS) is 15.2. The molecule has 0 aliphatic carbocycles. The fourth-order valence-electron chi connectivity index (χ4n) is 4.34. The second-order valence-corrected chi connectivity index (χ2v) is 8.36. The molecule has 0 radical (unpaired) electrons. The SMILES string of the molecule is COc1ccc(-c2cccc(CC3(C(=O)NCCc4ccncc4)CCOCC3)c2)cc1. The Morgan fingerprint density at radius 1 is 1.00 bits per heavy atom. The summed E-state index contributed by atoms with van der Waals surface area (Å²) in [6.07, 6.45) is 6.55. The van der Waals surface area contributed by atoms with Gasteiger partial charge in [0.2, 0.25) is 5.91 Å². The molecule has 1 N–H and O–H groups in total. The van der Waals surface area contributed by atoms with Crippen molar-refractivity contribution in [1.29, 1.82) is 0 Å². The third-order valence-electron chi connectivity index (χ3n) is 6.27. The number of nitrogens with one attached hydrogen (secondary N) is 1. The Morgan fingerprint density at radius 3 is 2.47 bits per heavy atom. The Morgan fingerprint density at radius 2 is 1.75 bits per heavy atom. The Hall–Kier alpha value is -3.18. The number of hydrogen-bond acceptors (Lipinski definition) is 4. The maximum atomic E-state index is 13.3. The molecule has 1 amide bonds. The second-order valence-electron chi connectivity index (χ2n) is 8.36. The Kier molecular flexibility index (Phi) is 7.17. The monoisotopic (exact) mass is 430 g/mol. The zero-order chi connectivity index (χ0) is 22.2. The van der Waals surface area contributed by atoms with Crippen LogP contribution >= 0.6 is 0 Å². The first-order valence-corrected chi connectivity index (χ1v) is 11.2. The number of methoxy groups -OCH3 is 1. The molecule has 1 aromatic heterocycles. The van der Waals surface area contributed by atoms with E-state index < -0.39 is 5.41 Å². The average Bonchev–Trinajstić information content (AvgIpc) is 2.85. The minimum Gasteiger partial charge on any atom is -0.497 e. The smallest absolute Gasteiger partial charge is 0.226 e. The van der Waals surface area contributed by atoms with Gasteiger partial charge in [-0.1, -0.05) is 36.4 Å². The van der Waals surface area contributed by atoms with E-state index >= 15 is 0 Å². The van der Waals surface area contributed by atoms with E-state index in [1.807, 2.05) is 24.3 Å². The molecule has 2 heterocycles. The highest BCUT2D eigenvalue weighted by Gasteiger charge is 2.39. The van der Waals surface area contributed by atoms with Crippen molar-refractivity contribution in [3.8, 4) is 16.9 Å². The number of benzene rings is 2. The number of carbonyl (C=O) groups excluding carboxylic acids is 1. The first-order chi connectivity index (χ1) is 15.7. The number of nitrogens with zero attached hydrogens (tertiary/aromatic N) is 1. The largest absolute Gasteiger partial charge is 0.497 e. The molecule has 5 heteroatoms. The summed E-state index contributed by atoms with van der Waals surface area (Å²) in [6.45, 7) is 1.86. The van der Waals surface area contributed by atoms with E-state index in [0.717, 1.165) is 36.1 Å². The van der Waals surface area contributed by atoms with Crippen molar-refractivity contribution in [2.75, 3.05) is 26.9 Å². The van der Waals surface area contributed by atoms with Crippen molar-refractivity contribution >= 4 is 5.91 Å². The molecule has 1 saturated heterocycles. The van der Waals surface area contributed by atoms with E-state index in [-0.39, 0.29) is 5.91 Å². The Labute approximate surface area is 189 Å². The van der Waals surface area contributed by atoms with E-state index in [0.29, 0.717) is 26.2 Å². The molecule has 3 aromatic rings. The minimum absolute atomic E-state index is 0.129. The summed E-state index contributed by atoms with van der Waals surface area (Å²) < 4.78 is 10.9. The zero-order valence-electron chi connectivity index (χ0n) is 18.5. The number of pyridine rings is 1. The maximum absolute atomic E-state index is 13.3. The highest BCUT2D eigenvalue weighted by Crippen LogP contribution is 2.36. The predicted octanol–water partition coefficient (Wildman–Crippen LogP) is 4.46. The van der Waals surface area contributed by atoms with Crippen molar-refractivity contribution in [3.05, 3.63) is 84.2 Å². The summed E-state index contributed by atoms with van der Waals surface area (Å²) in [6, 6.07) is 20.5. The van der Waals surface area contributed by atoms with Crippen LogP contribution in [0, 0.1) is 5.41 Å². The van der Waals surface area contributed by atoms with Crippen molar-refractivity contribution in [3.63, 3.8) is 0 Å². The third-order valence-corrected chi connectivity index (χ3v) is 6.27. The molecule has 166 valence electrons. The molecule has 0 bridgehead atoms. The van der Waals surface area contributed by atoms with Crippen molar-refractivity contribution in [1.82, 2.24) is 10.3 Å². The number of aromatic nitrogens is 1. The summed E-state index contributed by atoms with van der Waals surface area (Å²) in [5, 5.41) is 3.19. The number of carbonyl (C=O) groups is 1. The highest BCUT2D eigenvalue weighted by atomic mass is 16.5. The van der Waals surface area contributed by atoms with Gasteiger partial charge < -0.3 is 14.8 Å². The van der Waals surface area contributed by atoms with Crippen LogP contribution in [-0.2, 0) is 22.4 Å². The van der Waals surface area contributed by atoms with Crippen LogP contribution in [-0.4, -0.2) is 37.8 Å². The molecule has 0 saturated carbocycles. The summed E-state index contributed by atoms with van der Waals surface area (Å²) >= 11 is 0. The van der Waals surface area contributed by atoms with Crippen LogP contribution in [0.5, 0.6) is 5.75 Å². The minimum atomic E-state index is -0.435. The molecule has 32 heavy (non-hydrogen) atoms. The van der Waals surface area contributed by atoms with Crippen molar-refractivity contribution in [2.45, 2.75) is 25.7 Å². The molecule has 0 unspecified atom stereocenters. The van der Waals surface area contributed by atoms with Gasteiger partial charge in [0.1, 0.15) is 5.75 Å². The quantitative estimate of drug-likeness (QED) is 0.573. The summed E-state index contributed by atoms with van der Waals surface area (Å²) in [4.78, 5) is 17.4. The van der Waals surface area contributed by atoms with Crippen molar-refractivity contribution < 1.29 is 14.3 Å². The number of rotatable bonds is 8. The van der Waals surface area contributed by atoms with Gasteiger partial charge in [0.05, 0.1) is 12.5 Å². The van der Waals surface area contributed by atoms with Gasteiger partial charge in [0.15, 0.2) is 0 Å². The number of amides is 1. The fourth-order valence-corrected chi connectivity index (χ4v) is 4.34. The average molecular weight is 431 g/mol. The van der Waals surface area contributed by atoms with Gasteiger partial charge >= 0.3 is 0 Å². The molecular weight excluding hydrogens is 400 g/mol. The molecule has 0 atom stereocenters. The maximum Gasteiger partial charge on any atom is 0.226 e. The summed E-state index contributed by atoms with van der Waals surface area (Å²) in [5.74, 6) is 0.971. The van der Waals surface area contributed by atoms with Gasteiger partial charge in [0.25, 0.3) is 0 Å². The summed E-state index contributed by atoms with van der Waals surface area (Å²) in [7, 11) is 1.67. The molecule has 0 spiro atoms. The first kappa shape index (κ1) is 22.0. The van der Waals surface area contributed by atoms with Crippen LogP contribution in [0.2, 0.25) is 0 Å². The van der Waals surface area contributed by atoms with Gasteiger partial charge in [-0.3, -0.25) is 9.78 Å². The van der Waals surface area contributed by atoms with Crippen LogP contribution in [0.4, 0.5) is 0 Å². The predicted molar refractivity (Wildman–Crippen MR) is 126 cm³/mol. The van der Waals surface area contributed by atoms with Gasteiger partial charge in [-0.05, 0) is 72.2 Å². The van der Waals surface area contributed by atoms with Gasteiger partial charge in [0, 0.05) is 32.2 Å². The molecule has 1 aliphatic rings. The lowest BCUT2D eigenvalue weighted by atomic mass is 9.74. The zero-order valence-corrected chi connectivity index (χ0v) is 18.5. The molecule has 2 aromatic carbocycles. The molecular formula is C27H30N2O3. The molecule has 5 nitrogen and oxygen atoms in total. The van der Waals surface area contributed by atoms with E-state index in [9.17, 15) is 4.79 Å². The van der Waals surface area contributed by atoms with E-state index in [1.165, 1.54) is 11.1 Å². The van der Waals surface area contributed by atoms with Crippen molar-refractivity contribution in [2.24, 2.45) is 5.41 Å². The van der Waals surface area contributed by atoms with E-state index in [4.69, 9.17) is 9.47 Å². The lowest BCUT2D eigenvalue weighted by Gasteiger charge is -2.36. The lowest BCUT2D eigenvalue weighted by Crippen LogP contribution is -2.46. The van der Waals surface area contributed by atoms with Crippen LogP contribution in [0.1, 0.15) is 24.0 Å². The van der Waals surface area contributed by atoms with Crippen LogP contribution < -0.4 is 10.1 Å². The molecule has 1 fully saturated rings. The molecule has 4 rings (SSSR count). The van der Waals surface area contributed by atoms with Crippen LogP contribution in [0.3, 0.4) is 0 Å². The lowest BCUT2D eigenvalue weighted by molar-refractivity contribution is -0.136. The second kappa shape index (κ2) is 10.4. The Bertz CT molecular complexity index is 1010. The Balaban J connectivity index is 1.47. The number of ether oxygens (including phenoxy) is 2. The topological polar surface area (TPSA) is 60.5 Å². The van der Waals surface area contributed by atoms with Gasteiger partial charge in [-0.25, -0.2) is 0 Å². The number of hydrogen-bond donors (Lipinski definition) is 1.